The normalized spacial score (nSPS) is 10.7. The van der Waals surface area contributed by atoms with Crippen LogP contribution in [0.25, 0.3) is 10.9 Å². The highest BCUT2D eigenvalue weighted by atomic mass is 16.6. The van der Waals surface area contributed by atoms with Crippen molar-refractivity contribution in [3.63, 3.8) is 0 Å². The number of methoxy groups -OCH3 is 1. The Morgan fingerprint density at radius 2 is 2.12 bits per heavy atom. The van der Waals surface area contributed by atoms with Crippen molar-refractivity contribution in [2.24, 2.45) is 5.73 Å². The van der Waals surface area contributed by atoms with Crippen LogP contribution in [0.4, 0.5) is 0 Å². The van der Waals surface area contributed by atoms with Gasteiger partial charge in [0.25, 0.3) is 0 Å². The maximum atomic E-state index is 5.59. The molecule has 0 aliphatic carbocycles. The largest absolute Gasteiger partial charge is 0.494 e. The Bertz CT molecular complexity index is 491. The van der Waals surface area contributed by atoms with Gasteiger partial charge in [-0.1, -0.05) is 12.1 Å². The zero-order valence-corrected chi connectivity index (χ0v) is 9.56. The number of benzene rings is 1. The molecule has 1 aromatic heterocycles. The van der Waals surface area contributed by atoms with Gasteiger partial charge in [0.1, 0.15) is 18.4 Å². The van der Waals surface area contributed by atoms with Gasteiger partial charge in [0, 0.05) is 11.6 Å². The first kappa shape index (κ1) is 10.8. The van der Waals surface area contributed by atoms with E-state index in [9.17, 15) is 0 Å². The van der Waals surface area contributed by atoms with E-state index in [1.807, 2.05) is 18.3 Å². The Kier molecular flexibility index (Phi) is 3.01. The average Bonchev–Trinajstić information content (AvgIpc) is 2.68. The lowest BCUT2D eigenvalue weighted by molar-refractivity contribution is 0.177. The summed E-state index contributed by atoms with van der Waals surface area (Å²) >= 11 is 0. The first-order valence-corrected chi connectivity index (χ1v) is 5.23. The van der Waals surface area contributed by atoms with E-state index >= 15 is 0 Å². The van der Waals surface area contributed by atoms with E-state index < -0.39 is 0 Å². The van der Waals surface area contributed by atoms with Crippen LogP contribution in [0.1, 0.15) is 5.56 Å². The minimum Gasteiger partial charge on any atom is -0.494 e. The number of fused-ring (bicyclic) bond motifs is 1. The number of ether oxygens (including phenoxy) is 1. The Morgan fingerprint density at radius 1 is 1.31 bits per heavy atom. The van der Waals surface area contributed by atoms with Gasteiger partial charge >= 0.3 is 0 Å². The highest BCUT2D eigenvalue weighted by molar-refractivity contribution is 5.88. The molecule has 1 aromatic carbocycles. The van der Waals surface area contributed by atoms with Crippen molar-refractivity contribution in [1.82, 2.24) is 4.73 Å². The molecule has 4 nitrogen and oxygen atoms in total. The van der Waals surface area contributed by atoms with E-state index in [1.54, 1.807) is 19.0 Å². The highest BCUT2D eigenvalue weighted by Crippen LogP contribution is 2.29. The van der Waals surface area contributed by atoms with Gasteiger partial charge < -0.3 is 15.3 Å². The zero-order chi connectivity index (χ0) is 11.5. The highest BCUT2D eigenvalue weighted by Gasteiger charge is 2.12. The first-order chi connectivity index (χ1) is 7.81. The summed E-state index contributed by atoms with van der Waals surface area (Å²) in [5, 5.41) is 1.13. The van der Waals surface area contributed by atoms with Gasteiger partial charge in [-0.25, -0.2) is 0 Å². The summed E-state index contributed by atoms with van der Waals surface area (Å²) < 4.78 is 7.05. The second kappa shape index (κ2) is 4.45. The standard InChI is InChI=1S/C12H16N2O2/c1-15-11-5-3-4-10-9(6-7-13)8-14(16-2)12(10)11/h3-5,8H,6-7,13H2,1-2H3. The van der Waals surface area contributed by atoms with Crippen LogP contribution in [0, 0.1) is 0 Å². The van der Waals surface area contributed by atoms with Gasteiger partial charge in [-0.2, -0.15) is 4.73 Å². The summed E-state index contributed by atoms with van der Waals surface area (Å²) in [7, 11) is 3.29. The predicted molar refractivity (Wildman–Crippen MR) is 63.8 cm³/mol. The number of rotatable bonds is 4. The Morgan fingerprint density at radius 3 is 2.75 bits per heavy atom. The van der Waals surface area contributed by atoms with Crippen molar-refractivity contribution in [2.45, 2.75) is 6.42 Å². The third kappa shape index (κ3) is 1.61. The van der Waals surface area contributed by atoms with Crippen molar-refractivity contribution < 1.29 is 9.57 Å². The number of para-hydroxylation sites is 1. The fourth-order valence-electron chi connectivity index (χ4n) is 1.95. The summed E-state index contributed by atoms with van der Waals surface area (Å²) in [6.45, 7) is 0.625. The lowest BCUT2D eigenvalue weighted by atomic mass is 10.1. The molecule has 4 heteroatoms. The monoisotopic (exact) mass is 220 g/mol. The van der Waals surface area contributed by atoms with Crippen LogP contribution in [0.15, 0.2) is 24.4 Å². The molecule has 16 heavy (non-hydrogen) atoms. The SMILES string of the molecule is COc1cccc2c(CCN)cn(OC)c12. The summed E-state index contributed by atoms with van der Waals surface area (Å²) in [5.41, 5.74) is 7.73. The van der Waals surface area contributed by atoms with Gasteiger partial charge in [0.05, 0.1) is 7.11 Å². The molecule has 0 fully saturated rings. The van der Waals surface area contributed by atoms with Gasteiger partial charge in [0.2, 0.25) is 0 Å². The van der Waals surface area contributed by atoms with Crippen LogP contribution in [0.2, 0.25) is 0 Å². The van der Waals surface area contributed by atoms with E-state index in [0.717, 1.165) is 23.1 Å². The molecular formula is C12H16N2O2. The van der Waals surface area contributed by atoms with Crippen molar-refractivity contribution in [1.29, 1.82) is 0 Å². The molecule has 0 saturated carbocycles. The zero-order valence-electron chi connectivity index (χ0n) is 9.56. The Labute approximate surface area is 94.5 Å². The van der Waals surface area contributed by atoms with Gasteiger partial charge in [-0.15, -0.1) is 0 Å². The van der Waals surface area contributed by atoms with Crippen molar-refractivity contribution in [3.05, 3.63) is 30.0 Å². The molecule has 2 aromatic rings. The summed E-state index contributed by atoms with van der Waals surface area (Å²) in [6, 6.07) is 5.95. The molecule has 86 valence electrons. The molecule has 2 N–H and O–H groups in total. The van der Waals surface area contributed by atoms with Crippen LogP contribution >= 0.6 is 0 Å². The van der Waals surface area contributed by atoms with E-state index in [-0.39, 0.29) is 0 Å². The van der Waals surface area contributed by atoms with Gasteiger partial charge in [-0.05, 0) is 24.6 Å². The number of aromatic nitrogens is 1. The van der Waals surface area contributed by atoms with E-state index in [4.69, 9.17) is 15.3 Å². The fraction of sp³-hybridized carbons (Fsp3) is 0.333. The Balaban J connectivity index is 2.68. The summed E-state index contributed by atoms with van der Waals surface area (Å²) in [6.07, 6.45) is 2.79. The molecule has 0 saturated heterocycles. The number of nitrogens with two attached hydrogens (primary N) is 1. The second-order valence-corrected chi connectivity index (χ2v) is 3.56. The van der Waals surface area contributed by atoms with Crippen LogP contribution in [-0.2, 0) is 6.42 Å². The van der Waals surface area contributed by atoms with Crippen LogP contribution in [0.3, 0.4) is 0 Å². The van der Waals surface area contributed by atoms with Crippen molar-refractivity contribution >= 4 is 10.9 Å². The van der Waals surface area contributed by atoms with Crippen molar-refractivity contribution in [3.8, 4) is 5.75 Å². The fourth-order valence-corrected chi connectivity index (χ4v) is 1.95. The molecule has 0 atom stereocenters. The molecule has 0 aliphatic rings. The summed E-state index contributed by atoms with van der Waals surface area (Å²) in [5.74, 6) is 0.808. The van der Waals surface area contributed by atoms with E-state index in [1.165, 1.54) is 5.56 Å². The molecule has 1 heterocycles. The van der Waals surface area contributed by atoms with Crippen LogP contribution in [-0.4, -0.2) is 25.5 Å². The third-order valence-electron chi connectivity index (χ3n) is 2.67. The predicted octanol–water partition coefficient (Wildman–Crippen LogP) is 1.21. The molecule has 0 radical (unpaired) electrons. The lowest BCUT2D eigenvalue weighted by Crippen LogP contribution is -2.04. The molecule has 0 amide bonds. The number of hydrogen-bond acceptors (Lipinski definition) is 3. The number of nitrogens with zero attached hydrogens (tertiary/aromatic N) is 1. The molecular weight excluding hydrogens is 204 g/mol. The van der Waals surface area contributed by atoms with Crippen molar-refractivity contribution in [2.75, 3.05) is 20.8 Å². The quantitative estimate of drug-likeness (QED) is 0.842. The minimum atomic E-state index is 0.625. The number of hydrogen-bond donors (Lipinski definition) is 1. The van der Waals surface area contributed by atoms with Gasteiger partial charge in [0.15, 0.2) is 0 Å². The maximum absolute atomic E-state index is 5.59. The average molecular weight is 220 g/mol. The van der Waals surface area contributed by atoms with Crippen LogP contribution < -0.4 is 15.3 Å². The molecule has 0 spiro atoms. The molecule has 2 rings (SSSR count). The second-order valence-electron chi connectivity index (χ2n) is 3.56. The minimum absolute atomic E-state index is 0.625. The van der Waals surface area contributed by atoms with E-state index in [2.05, 4.69) is 6.07 Å². The topological polar surface area (TPSA) is 49.4 Å². The van der Waals surface area contributed by atoms with Crippen LogP contribution in [0.5, 0.6) is 5.75 Å². The Hall–Kier alpha value is -1.68. The van der Waals surface area contributed by atoms with Gasteiger partial charge in [-0.3, -0.25) is 0 Å². The molecule has 0 bridgehead atoms. The third-order valence-corrected chi connectivity index (χ3v) is 2.67. The molecule has 0 unspecified atom stereocenters. The smallest absolute Gasteiger partial charge is 0.146 e. The lowest BCUT2D eigenvalue weighted by Gasteiger charge is -2.06. The maximum Gasteiger partial charge on any atom is 0.146 e. The summed E-state index contributed by atoms with van der Waals surface area (Å²) in [4.78, 5) is 5.29. The first-order valence-electron chi connectivity index (χ1n) is 5.23. The van der Waals surface area contributed by atoms with E-state index in [0.29, 0.717) is 6.54 Å². The molecule has 0 aliphatic heterocycles.